The van der Waals surface area contributed by atoms with E-state index in [0.29, 0.717) is 30.9 Å². The fourth-order valence-electron chi connectivity index (χ4n) is 5.89. The van der Waals surface area contributed by atoms with Crippen molar-refractivity contribution >= 4 is 11.6 Å². The second-order valence-corrected chi connectivity index (χ2v) is 11.3. The van der Waals surface area contributed by atoms with E-state index in [4.69, 9.17) is 9.47 Å². The topological polar surface area (TPSA) is 55.8 Å². The number of nitrogens with zero attached hydrogens (tertiary/aromatic N) is 1. The molecule has 0 saturated heterocycles. The van der Waals surface area contributed by atoms with Gasteiger partial charge in [0, 0.05) is 47.8 Å². The van der Waals surface area contributed by atoms with Crippen LogP contribution in [0.5, 0.6) is 11.5 Å². The van der Waals surface area contributed by atoms with Crippen molar-refractivity contribution in [2.24, 2.45) is 10.8 Å². The van der Waals surface area contributed by atoms with E-state index in [0.717, 1.165) is 47.5 Å². The number of carbonyl (C=O) groups excluding carboxylic acids is 2. The highest BCUT2D eigenvalue weighted by atomic mass is 16.5. The SMILES string of the molecule is C=CCOc1ccc(C2C3=C(CC(C)(C)CC3=O)N(CC)C3=C2C(=O)CC(C)(C)C3)cc1OC. The van der Waals surface area contributed by atoms with Gasteiger partial charge in [0.1, 0.15) is 6.61 Å². The molecule has 5 heteroatoms. The average molecular weight is 464 g/mol. The van der Waals surface area contributed by atoms with Crippen molar-refractivity contribution in [3.63, 3.8) is 0 Å². The van der Waals surface area contributed by atoms with Gasteiger partial charge in [0.05, 0.1) is 7.11 Å². The Morgan fingerprint density at radius 2 is 1.53 bits per heavy atom. The van der Waals surface area contributed by atoms with Crippen molar-refractivity contribution in [1.82, 2.24) is 4.90 Å². The molecule has 0 radical (unpaired) electrons. The first-order valence-electron chi connectivity index (χ1n) is 12.2. The van der Waals surface area contributed by atoms with Gasteiger partial charge in [-0.2, -0.15) is 0 Å². The number of Topliss-reactive ketones (excluding diaryl/α,β-unsaturated/α-hetero) is 2. The van der Waals surface area contributed by atoms with Gasteiger partial charge in [0.2, 0.25) is 0 Å². The molecule has 1 aliphatic heterocycles. The zero-order chi connectivity index (χ0) is 24.8. The maximum atomic E-state index is 13.7. The van der Waals surface area contributed by atoms with Crippen LogP contribution in [0.1, 0.15) is 71.8 Å². The summed E-state index contributed by atoms with van der Waals surface area (Å²) in [6, 6.07) is 5.78. The lowest BCUT2D eigenvalue weighted by atomic mass is 9.63. The number of benzene rings is 1. The van der Waals surface area contributed by atoms with Crippen LogP contribution in [-0.4, -0.2) is 36.7 Å². The Balaban J connectivity index is 1.94. The maximum absolute atomic E-state index is 13.7. The van der Waals surface area contributed by atoms with Gasteiger partial charge in [-0.15, -0.1) is 0 Å². The van der Waals surface area contributed by atoms with E-state index in [9.17, 15) is 9.59 Å². The summed E-state index contributed by atoms with van der Waals surface area (Å²) in [7, 11) is 1.61. The Hall–Kier alpha value is -2.82. The van der Waals surface area contributed by atoms with Gasteiger partial charge < -0.3 is 14.4 Å². The quantitative estimate of drug-likeness (QED) is 0.487. The van der Waals surface area contributed by atoms with E-state index >= 15 is 0 Å². The van der Waals surface area contributed by atoms with Crippen LogP contribution in [0.3, 0.4) is 0 Å². The minimum Gasteiger partial charge on any atom is -0.493 e. The lowest BCUT2D eigenvalue weighted by Crippen LogP contribution is -2.44. The third kappa shape index (κ3) is 4.21. The summed E-state index contributed by atoms with van der Waals surface area (Å²) >= 11 is 0. The Bertz CT molecular complexity index is 1050. The predicted molar refractivity (Wildman–Crippen MR) is 134 cm³/mol. The van der Waals surface area contributed by atoms with Crippen LogP contribution < -0.4 is 9.47 Å². The average Bonchev–Trinajstić information content (AvgIpc) is 2.74. The highest BCUT2D eigenvalue weighted by molar-refractivity contribution is 6.06. The fraction of sp³-hybridized carbons (Fsp3) is 0.517. The van der Waals surface area contributed by atoms with E-state index in [1.54, 1.807) is 13.2 Å². The summed E-state index contributed by atoms with van der Waals surface area (Å²) < 4.78 is 11.4. The Morgan fingerprint density at radius 1 is 0.971 bits per heavy atom. The Kier molecular flexibility index (Phi) is 6.26. The van der Waals surface area contributed by atoms with Crippen LogP contribution in [0.2, 0.25) is 0 Å². The van der Waals surface area contributed by atoms with Gasteiger partial charge in [-0.05, 0) is 48.3 Å². The molecular formula is C29H37NO4. The second kappa shape index (κ2) is 8.75. The molecule has 2 aliphatic carbocycles. The largest absolute Gasteiger partial charge is 0.493 e. The number of carbonyl (C=O) groups is 2. The smallest absolute Gasteiger partial charge is 0.162 e. The molecule has 0 aromatic heterocycles. The zero-order valence-corrected chi connectivity index (χ0v) is 21.4. The molecule has 0 fully saturated rings. The Morgan fingerprint density at radius 3 is 2.00 bits per heavy atom. The monoisotopic (exact) mass is 463 g/mol. The Labute approximate surface area is 203 Å². The first-order chi connectivity index (χ1) is 16.0. The van der Waals surface area contributed by atoms with Gasteiger partial charge >= 0.3 is 0 Å². The number of hydrogen-bond donors (Lipinski definition) is 0. The number of ketones is 2. The normalized spacial score (nSPS) is 21.9. The summed E-state index contributed by atoms with van der Waals surface area (Å²) in [5.74, 6) is 1.12. The van der Waals surface area contributed by atoms with Crippen LogP contribution in [0.4, 0.5) is 0 Å². The van der Waals surface area contributed by atoms with Crippen LogP contribution in [0, 0.1) is 10.8 Å². The summed E-state index contributed by atoms with van der Waals surface area (Å²) in [5.41, 5.74) is 4.43. The molecule has 182 valence electrons. The number of ether oxygens (including phenoxy) is 2. The maximum Gasteiger partial charge on any atom is 0.162 e. The lowest BCUT2D eigenvalue weighted by Gasteiger charge is -2.48. The molecule has 4 rings (SSSR count). The summed E-state index contributed by atoms with van der Waals surface area (Å²) in [4.78, 5) is 29.6. The predicted octanol–water partition coefficient (Wildman–Crippen LogP) is 5.97. The van der Waals surface area contributed by atoms with Gasteiger partial charge in [-0.3, -0.25) is 9.59 Å². The van der Waals surface area contributed by atoms with Crippen LogP contribution in [-0.2, 0) is 9.59 Å². The number of methoxy groups -OCH3 is 1. The zero-order valence-electron chi connectivity index (χ0n) is 21.4. The molecular weight excluding hydrogens is 426 g/mol. The number of hydrogen-bond acceptors (Lipinski definition) is 5. The standard InChI is InChI=1S/C29H37NO4/c1-8-12-34-23-11-10-18(13-24(23)33-7)25-26-19(14-28(3,4)16-21(26)31)30(9-2)20-15-29(5,6)17-22(32)27(20)25/h8,10-11,13,25H,1,9,12,14-17H2,2-7H3. The minimum absolute atomic E-state index is 0.111. The van der Waals surface area contributed by atoms with Gasteiger partial charge in [0.15, 0.2) is 23.1 Å². The van der Waals surface area contributed by atoms with Crippen molar-refractivity contribution in [2.75, 3.05) is 20.3 Å². The molecule has 34 heavy (non-hydrogen) atoms. The van der Waals surface area contributed by atoms with Gasteiger partial charge in [-0.1, -0.05) is 46.4 Å². The third-order valence-corrected chi connectivity index (χ3v) is 7.22. The molecule has 0 bridgehead atoms. The lowest BCUT2D eigenvalue weighted by molar-refractivity contribution is -0.119. The molecule has 0 N–H and O–H groups in total. The number of rotatable bonds is 6. The third-order valence-electron chi connectivity index (χ3n) is 7.22. The molecule has 1 aromatic carbocycles. The van der Waals surface area contributed by atoms with E-state index in [1.807, 2.05) is 18.2 Å². The second-order valence-electron chi connectivity index (χ2n) is 11.3. The van der Waals surface area contributed by atoms with Crippen molar-refractivity contribution in [2.45, 2.75) is 66.2 Å². The molecule has 0 spiro atoms. The van der Waals surface area contributed by atoms with E-state index < -0.39 is 0 Å². The van der Waals surface area contributed by atoms with Crippen molar-refractivity contribution < 1.29 is 19.1 Å². The minimum atomic E-state index is -0.373. The molecule has 5 nitrogen and oxygen atoms in total. The highest BCUT2D eigenvalue weighted by Gasteiger charge is 2.48. The van der Waals surface area contributed by atoms with Crippen LogP contribution in [0.15, 0.2) is 53.4 Å². The summed E-state index contributed by atoms with van der Waals surface area (Å²) in [5, 5.41) is 0. The number of allylic oxidation sites excluding steroid dienone is 4. The van der Waals surface area contributed by atoms with Gasteiger partial charge in [-0.25, -0.2) is 0 Å². The van der Waals surface area contributed by atoms with Gasteiger partial charge in [0.25, 0.3) is 0 Å². The van der Waals surface area contributed by atoms with Crippen LogP contribution >= 0.6 is 0 Å². The van der Waals surface area contributed by atoms with Crippen LogP contribution in [0.25, 0.3) is 0 Å². The molecule has 0 amide bonds. The fourth-order valence-corrected chi connectivity index (χ4v) is 5.89. The van der Waals surface area contributed by atoms with E-state index in [-0.39, 0.29) is 28.3 Å². The summed E-state index contributed by atoms with van der Waals surface area (Å²) in [6.07, 6.45) is 4.30. The van der Waals surface area contributed by atoms with Crippen molar-refractivity contribution in [1.29, 1.82) is 0 Å². The van der Waals surface area contributed by atoms with Crippen molar-refractivity contribution in [3.05, 3.63) is 59.0 Å². The molecule has 0 unspecified atom stereocenters. The molecule has 0 saturated carbocycles. The first kappa shape index (κ1) is 24.3. The van der Waals surface area contributed by atoms with E-state index in [1.165, 1.54) is 0 Å². The molecule has 3 aliphatic rings. The molecule has 1 aromatic rings. The molecule has 0 atom stereocenters. The van der Waals surface area contributed by atoms with E-state index in [2.05, 4.69) is 46.1 Å². The highest BCUT2D eigenvalue weighted by Crippen LogP contribution is 2.54. The van der Waals surface area contributed by atoms with Crippen molar-refractivity contribution in [3.8, 4) is 11.5 Å². The molecule has 1 heterocycles. The first-order valence-corrected chi connectivity index (χ1v) is 12.2. The summed E-state index contributed by atoms with van der Waals surface area (Å²) in [6.45, 7) is 15.6.